The fourth-order valence-electron chi connectivity index (χ4n) is 0.677. The van der Waals surface area contributed by atoms with Crippen LogP contribution < -0.4 is 0 Å². The summed E-state index contributed by atoms with van der Waals surface area (Å²) in [4.78, 5) is 63.6. The molecule has 0 spiro atoms. The van der Waals surface area contributed by atoms with Crippen molar-refractivity contribution in [1.29, 1.82) is 0 Å². The van der Waals surface area contributed by atoms with Gasteiger partial charge in [0.2, 0.25) is 0 Å². The quantitative estimate of drug-likeness (QED) is 0.223. The zero-order chi connectivity index (χ0) is 15.9. The molecule has 0 unspecified atom stereocenters. The van der Waals surface area contributed by atoms with Crippen LogP contribution in [-0.2, 0) is 14.3 Å². The van der Waals surface area contributed by atoms with E-state index >= 15 is 0 Å². The summed E-state index contributed by atoms with van der Waals surface area (Å²) in [5.41, 5.74) is 0. The first-order valence-corrected chi connectivity index (χ1v) is 9.53. The van der Waals surface area contributed by atoms with Gasteiger partial charge in [-0.1, -0.05) is 0 Å². The monoisotopic (exact) mass is 510 g/mol. The van der Waals surface area contributed by atoms with Crippen molar-refractivity contribution in [1.82, 2.24) is 0 Å². The Hall–Kier alpha value is -1.31. The van der Waals surface area contributed by atoms with Crippen LogP contribution in [0.4, 0.5) is 0 Å². The average Bonchev–Trinajstić information content (AvgIpc) is 2.15. The first-order chi connectivity index (χ1) is 8.34. The van der Waals surface area contributed by atoms with Crippen LogP contribution in [0.1, 0.15) is 0 Å². The molecule has 0 aromatic rings. The zero-order valence-electron chi connectivity index (χ0n) is 7.95. The predicted molar refractivity (Wildman–Crippen MR) is 47.5 cm³/mol. The molecule has 0 saturated heterocycles. The van der Waals surface area contributed by atoms with Crippen LogP contribution in [-0.4, -0.2) is 78.2 Å². The van der Waals surface area contributed by atoms with E-state index in [4.69, 9.17) is 5.21 Å². The van der Waals surface area contributed by atoms with Gasteiger partial charge in [0.25, 0.3) is 0 Å². The third-order valence-electron chi connectivity index (χ3n) is 1.65. The first kappa shape index (κ1) is 21.0. The Morgan fingerprint density at radius 2 is 0.750 bits per heavy atom. The number of nitro groups is 5. The molecule has 0 fully saturated rings. The molecule has 20 heteroatoms. The normalized spacial score (nSPS) is 13.8. The Labute approximate surface area is 146 Å². The molecular formula is H2IrKN6O12+. The fourth-order valence-corrected chi connectivity index (χ4v) is 5.54. The average molecular weight is 509 g/mol. The molecule has 0 bridgehead atoms. The third-order valence-corrected chi connectivity index (χ3v) is 13.5. The number of nitrogens with zero attached hydrogens (tertiary/aromatic N) is 6. The van der Waals surface area contributed by atoms with Crippen molar-refractivity contribution in [2.24, 2.45) is 0 Å². The second-order valence-electron chi connectivity index (χ2n) is 2.19. The fraction of sp³-hybridized carbons (Fsp3) is 0. The summed E-state index contributed by atoms with van der Waals surface area (Å²) in [5, 5.41) is 61.3. The summed E-state index contributed by atoms with van der Waals surface area (Å²) in [7, 11) is 0. The van der Waals surface area contributed by atoms with E-state index in [9.17, 15) is 55.5 Å². The Balaban J connectivity index is 0. The van der Waals surface area contributed by atoms with Gasteiger partial charge in [0.1, 0.15) is 0 Å². The van der Waals surface area contributed by atoms with Gasteiger partial charge in [-0.15, -0.1) is 0 Å². The van der Waals surface area contributed by atoms with E-state index < -0.39 is 35.9 Å². The summed E-state index contributed by atoms with van der Waals surface area (Å²) in [6.07, 6.45) is 0. The molecule has 0 amide bonds. The van der Waals surface area contributed by atoms with Crippen LogP contribution >= 0.6 is 0 Å². The number of hydrogen-bond acceptors (Lipinski definition) is 11. The van der Waals surface area contributed by atoms with Gasteiger partial charge >= 0.3 is 148 Å². The topological polar surface area (TPSA) is 256 Å². The van der Waals surface area contributed by atoms with Gasteiger partial charge in [-0.3, -0.25) is 0 Å². The van der Waals surface area contributed by atoms with Crippen LogP contribution in [0.2, 0.25) is 0 Å². The summed E-state index contributed by atoms with van der Waals surface area (Å²) in [6.45, 7) is 0. The molecule has 0 radical (unpaired) electrons. The van der Waals surface area contributed by atoms with Gasteiger partial charge in [0, 0.05) is 0 Å². The maximum absolute atomic E-state index is 10.9. The molecular weight excluding hydrogens is 507 g/mol. The maximum atomic E-state index is 10.7. The molecule has 0 atom stereocenters. The van der Waals surface area contributed by atoms with Crippen molar-refractivity contribution in [2.45, 2.75) is 0 Å². The van der Waals surface area contributed by atoms with E-state index in [1.165, 1.54) is 0 Å². The Morgan fingerprint density at radius 3 is 0.750 bits per heavy atom. The second kappa shape index (κ2) is 4.90. The van der Waals surface area contributed by atoms with Crippen LogP contribution in [0, 0.1) is 55.5 Å². The Kier molecular flexibility index (Phi) is 5.15. The van der Waals surface area contributed by atoms with Crippen LogP contribution in [0.5, 0.6) is 0 Å². The minimum atomic E-state index is -10.9. The van der Waals surface area contributed by atoms with E-state index in [0.717, 1.165) is 0 Å². The molecule has 113 valence electrons. The second-order valence-corrected chi connectivity index (χ2v) is 14.7. The Bertz CT molecular complexity index is 431. The van der Waals surface area contributed by atoms with Crippen LogP contribution in [0.3, 0.4) is 0 Å². The molecule has 0 aromatic carbocycles. The molecule has 0 saturated carbocycles. The predicted octanol–water partition coefficient (Wildman–Crippen LogP) is -2.40. The summed E-state index contributed by atoms with van der Waals surface area (Å²) < 4.78 is -18.7. The molecule has 0 rings (SSSR count). The molecule has 18 nitrogen and oxygen atoms in total. The molecule has 0 heterocycles. The molecule has 0 aliphatic rings. The van der Waals surface area contributed by atoms with Gasteiger partial charge in [-0.25, -0.2) is 0 Å². The van der Waals surface area contributed by atoms with Gasteiger partial charge in [0.15, 0.2) is 0 Å². The molecule has 0 aliphatic carbocycles. The van der Waals surface area contributed by atoms with E-state index in [0.29, 0.717) is 0 Å². The van der Waals surface area contributed by atoms with Crippen molar-refractivity contribution < 1.29 is 41.1 Å². The Morgan fingerprint density at radius 1 is 0.600 bits per heavy atom. The minimum absolute atomic E-state index is 0. The first-order valence-electron chi connectivity index (χ1n) is 3.10. The van der Waals surface area contributed by atoms with Crippen molar-refractivity contribution in [2.75, 3.05) is 0 Å². The summed E-state index contributed by atoms with van der Waals surface area (Å²) >= 11 is -10.9. The van der Waals surface area contributed by atoms with Crippen LogP contribution in [0.15, 0.2) is 0 Å². The zero-order valence-corrected chi connectivity index (χ0v) is 10.3. The van der Waals surface area contributed by atoms with E-state index in [1.807, 2.05) is 0 Å². The van der Waals surface area contributed by atoms with Crippen molar-refractivity contribution >= 4 is 51.4 Å². The van der Waals surface area contributed by atoms with E-state index in [1.54, 1.807) is 0 Å². The molecule has 0 aliphatic heterocycles. The van der Waals surface area contributed by atoms with Gasteiger partial charge in [-0.2, -0.15) is 0 Å². The standard InChI is InChI=1S/Ir.K.HNO2.5NO2.H/c;;6*2-1-3;/h;;(H,2,3);;;;;;/q+1;;;;;;;;. The van der Waals surface area contributed by atoms with Crippen LogP contribution in [0.25, 0.3) is 0 Å². The van der Waals surface area contributed by atoms with Crippen molar-refractivity contribution in [3.63, 3.8) is 0 Å². The van der Waals surface area contributed by atoms with Gasteiger partial charge < -0.3 is 0 Å². The van der Waals surface area contributed by atoms with Gasteiger partial charge in [0.05, 0.1) is 0 Å². The van der Waals surface area contributed by atoms with E-state index in [2.05, 4.69) is 0 Å². The van der Waals surface area contributed by atoms with E-state index in [-0.39, 0.29) is 51.4 Å². The summed E-state index contributed by atoms with van der Waals surface area (Å²) in [6, 6.07) is 0. The SMILES string of the molecule is O=[N+]([O-])[Ir]([N+](=O)[O-])([N+](=O)[O-])([N+](=O)[O-])([N+](=O)[O-])[N+](=O)O.[KH]. The van der Waals surface area contributed by atoms with Gasteiger partial charge in [-0.05, 0) is 0 Å². The number of hydrogen-bond donors (Lipinski definition) is 1. The molecule has 0 aromatic heterocycles. The molecule has 20 heavy (non-hydrogen) atoms. The molecule has 1 N–H and O–H groups in total. The van der Waals surface area contributed by atoms with Crippen molar-refractivity contribution in [3.05, 3.63) is 55.5 Å². The van der Waals surface area contributed by atoms with Crippen molar-refractivity contribution in [3.8, 4) is 0 Å². The summed E-state index contributed by atoms with van der Waals surface area (Å²) in [5.74, 6) is 0. The number of rotatable bonds is 6. The third kappa shape index (κ3) is 1.19.